The van der Waals surface area contributed by atoms with E-state index in [9.17, 15) is 10.1 Å². The van der Waals surface area contributed by atoms with Crippen molar-refractivity contribution in [2.45, 2.75) is 18.9 Å². The maximum atomic E-state index is 12.9. The summed E-state index contributed by atoms with van der Waals surface area (Å²) < 4.78 is 3.30. The number of piperidine rings is 1. The normalized spacial score (nSPS) is 16.8. The molecule has 0 saturated carbocycles. The van der Waals surface area contributed by atoms with Crippen molar-refractivity contribution in [3.8, 4) is 11.8 Å². The Labute approximate surface area is 163 Å². The molecule has 1 fully saturated rings. The Morgan fingerprint density at radius 2 is 2.04 bits per heavy atom. The Balaban J connectivity index is 0.00000210. The lowest BCUT2D eigenvalue weighted by molar-refractivity contribution is 0.501. The summed E-state index contributed by atoms with van der Waals surface area (Å²) in [5.41, 5.74) is 8.12. The molecule has 1 saturated heterocycles. The molecule has 0 bridgehead atoms. The van der Waals surface area contributed by atoms with Gasteiger partial charge in [0.05, 0.1) is 6.33 Å². The summed E-state index contributed by atoms with van der Waals surface area (Å²) in [6.45, 7) is 1.45. The summed E-state index contributed by atoms with van der Waals surface area (Å²) >= 11 is 0. The van der Waals surface area contributed by atoms with Crippen LogP contribution in [0, 0.1) is 11.3 Å². The minimum absolute atomic E-state index is 0. The predicted octanol–water partition coefficient (Wildman–Crippen LogP) is 1.95. The highest BCUT2D eigenvalue weighted by Gasteiger charge is 2.28. The molecule has 140 valence electrons. The van der Waals surface area contributed by atoms with Crippen LogP contribution in [0.4, 0.5) is 5.82 Å². The molecule has 3 heterocycles. The topological polar surface area (TPSA) is 92.9 Å². The van der Waals surface area contributed by atoms with E-state index in [0.717, 1.165) is 25.1 Å². The van der Waals surface area contributed by atoms with Gasteiger partial charge in [0.1, 0.15) is 28.5 Å². The Morgan fingerprint density at radius 3 is 2.70 bits per heavy atom. The number of hydrogen-bond acceptors (Lipinski definition) is 5. The van der Waals surface area contributed by atoms with Crippen LogP contribution >= 0.6 is 12.4 Å². The van der Waals surface area contributed by atoms with Gasteiger partial charge < -0.3 is 15.2 Å². The summed E-state index contributed by atoms with van der Waals surface area (Å²) in [5.74, 6) is 0.708. The molecule has 0 amide bonds. The molecule has 7 nitrogen and oxygen atoms in total. The fourth-order valence-electron chi connectivity index (χ4n) is 3.67. The van der Waals surface area contributed by atoms with Crippen molar-refractivity contribution in [2.24, 2.45) is 12.8 Å². The Hall–Kier alpha value is -2.82. The quantitative estimate of drug-likeness (QED) is 0.728. The zero-order valence-electron chi connectivity index (χ0n) is 15.0. The fourth-order valence-corrected chi connectivity index (χ4v) is 3.67. The first-order valence-electron chi connectivity index (χ1n) is 8.68. The Bertz CT molecular complexity index is 1070. The molecule has 2 aromatic heterocycles. The summed E-state index contributed by atoms with van der Waals surface area (Å²) in [6, 6.07) is 11.9. The number of nitrogens with zero attached hydrogens (tertiary/aromatic N) is 5. The van der Waals surface area contributed by atoms with E-state index in [-0.39, 0.29) is 24.0 Å². The van der Waals surface area contributed by atoms with E-state index in [2.05, 4.69) is 16.0 Å². The first-order chi connectivity index (χ1) is 12.6. The van der Waals surface area contributed by atoms with E-state index < -0.39 is 0 Å². The van der Waals surface area contributed by atoms with Gasteiger partial charge in [0.2, 0.25) is 0 Å². The molecule has 3 aromatic rings. The molecule has 1 aromatic carbocycles. The number of aromatic nitrogens is 3. The third-order valence-corrected chi connectivity index (χ3v) is 4.89. The van der Waals surface area contributed by atoms with Crippen LogP contribution in [0.25, 0.3) is 16.7 Å². The fraction of sp³-hybridized carbons (Fsp3) is 0.316. The van der Waals surface area contributed by atoms with E-state index in [1.807, 2.05) is 34.9 Å². The minimum Gasteiger partial charge on any atom is -0.355 e. The third kappa shape index (κ3) is 3.07. The molecule has 0 radical (unpaired) electrons. The Morgan fingerprint density at radius 1 is 1.30 bits per heavy atom. The first kappa shape index (κ1) is 19.0. The molecule has 0 aliphatic carbocycles. The van der Waals surface area contributed by atoms with Crippen LogP contribution in [0.5, 0.6) is 0 Å². The summed E-state index contributed by atoms with van der Waals surface area (Å²) in [5, 5.41) is 9.86. The number of nitrogens with two attached hydrogens (primary N) is 1. The maximum Gasteiger partial charge on any atom is 0.278 e. The number of anilines is 1. The lowest BCUT2D eigenvalue weighted by Crippen LogP contribution is -2.43. The number of benzene rings is 1. The zero-order valence-corrected chi connectivity index (χ0v) is 15.8. The van der Waals surface area contributed by atoms with E-state index in [1.165, 1.54) is 10.9 Å². The summed E-state index contributed by atoms with van der Waals surface area (Å²) in [7, 11) is 1.67. The van der Waals surface area contributed by atoms with Gasteiger partial charge in [-0.2, -0.15) is 5.26 Å². The molecular formula is C19H21ClN6O. The first-order valence-corrected chi connectivity index (χ1v) is 8.68. The monoisotopic (exact) mass is 384 g/mol. The molecule has 1 aliphatic rings. The standard InChI is InChI=1S/C19H20N6O.ClH/c1-23-12-22-16-15(10-20)18(24-9-5-6-13(21)11-24)25(17(16)19(23)26)14-7-3-2-4-8-14;/h2-4,7-8,12-13H,5-6,9,11,21H2,1H3;1H. The highest BCUT2D eigenvalue weighted by molar-refractivity contribution is 5.91. The smallest absolute Gasteiger partial charge is 0.278 e. The van der Waals surface area contributed by atoms with Gasteiger partial charge in [-0.3, -0.25) is 9.36 Å². The van der Waals surface area contributed by atoms with E-state index in [0.29, 0.717) is 29.0 Å². The number of rotatable bonds is 2. The van der Waals surface area contributed by atoms with Crippen molar-refractivity contribution in [1.29, 1.82) is 5.26 Å². The second-order valence-electron chi connectivity index (χ2n) is 6.69. The Kier molecular flexibility index (Phi) is 5.22. The van der Waals surface area contributed by atoms with Crippen molar-refractivity contribution in [2.75, 3.05) is 18.0 Å². The number of para-hydroxylation sites is 1. The van der Waals surface area contributed by atoms with E-state index in [4.69, 9.17) is 5.73 Å². The van der Waals surface area contributed by atoms with Gasteiger partial charge in [0.25, 0.3) is 5.56 Å². The van der Waals surface area contributed by atoms with Gasteiger partial charge in [-0.1, -0.05) is 18.2 Å². The zero-order chi connectivity index (χ0) is 18.3. The van der Waals surface area contributed by atoms with Crippen molar-refractivity contribution >= 4 is 29.3 Å². The van der Waals surface area contributed by atoms with Gasteiger partial charge in [-0.05, 0) is 25.0 Å². The van der Waals surface area contributed by atoms with Crippen molar-refractivity contribution < 1.29 is 0 Å². The van der Waals surface area contributed by atoms with Crippen LogP contribution in [0.3, 0.4) is 0 Å². The van der Waals surface area contributed by atoms with Crippen LogP contribution in [-0.4, -0.2) is 33.2 Å². The number of nitriles is 1. The predicted molar refractivity (Wildman–Crippen MR) is 108 cm³/mol. The lowest BCUT2D eigenvalue weighted by atomic mass is 10.1. The molecule has 0 spiro atoms. The number of aryl methyl sites for hydroxylation is 1. The van der Waals surface area contributed by atoms with Crippen molar-refractivity contribution in [1.82, 2.24) is 14.1 Å². The second kappa shape index (κ2) is 7.43. The van der Waals surface area contributed by atoms with Crippen molar-refractivity contribution in [3.63, 3.8) is 0 Å². The van der Waals surface area contributed by atoms with E-state index in [1.54, 1.807) is 7.05 Å². The number of fused-ring (bicyclic) bond motifs is 1. The lowest BCUT2D eigenvalue weighted by Gasteiger charge is -2.33. The largest absolute Gasteiger partial charge is 0.355 e. The van der Waals surface area contributed by atoms with Crippen LogP contribution < -0.4 is 16.2 Å². The van der Waals surface area contributed by atoms with Gasteiger partial charge >= 0.3 is 0 Å². The van der Waals surface area contributed by atoms with Crippen LogP contribution in [0.2, 0.25) is 0 Å². The van der Waals surface area contributed by atoms with Gasteiger partial charge in [0, 0.05) is 31.9 Å². The molecule has 1 unspecified atom stereocenters. The third-order valence-electron chi connectivity index (χ3n) is 4.89. The highest BCUT2D eigenvalue weighted by Crippen LogP contribution is 2.34. The molecular weight excluding hydrogens is 364 g/mol. The SMILES string of the molecule is Cl.Cn1cnc2c(C#N)c(N3CCCC(N)C3)n(-c3ccccc3)c2c1=O. The van der Waals surface area contributed by atoms with Crippen LogP contribution in [0.15, 0.2) is 41.5 Å². The molecule has 1 aliphatic heterocycles. The molecule has 8 heteroatoms. The number of hydrogen-bond donors (Lipinski definition) is 1. The van der Waals surface area contributed by atoms with Gasteiger partial charge in [-0.25, -0.2) is 4.98 Å². The van der Waals surface area contributed by atoms with Gasteiger partial charge in [0.15, 0.2) is 0 Å². The summed E-state index contributed by atoms with van der Waals surface area (Å²) in [4.78, 5) is 19.4. The van der Waals surface area contributed by atoms with E-state index >= 15 is 0 Å². The summed E-state index contributed by atoms with van der Waals surface area (Å²) in [6.07, 6.45) is 3.38. The highest BCUT2D eigenvalue weighted by atomic mass is 35.5. The van der Waals surface area contributed by atoms with Gasteiger partial charge in [-0.15, -0.1) is 12.4 Å². The second-order valence-corrected chi connectivity index (χ2v) is 6.69. The molecule has 2 N–H and O–H groups in total. The minimum atomic E-state index is -0.178. The van der Waals surface area contributed by atoms with Crippen molar-refractivity contribution in [3.05, 3.63) is 52.6 Å². The van der Waals surface area contributed by atoms with Crippen LogP contribution in [0.1, 0.15) is 18.4 Å². The molecule has 1 atom stereocenters. The molecule has 27 heavy (non-hydrogen) atoms. The average molecular weight is 385 g/mol. The molecule has 4 rings (SSSR count). The average Bonchev–Trinajstić information content (AvgIpc) is 3.00. The maximum absolute atomic E-state index is 12.9. The number of halogens is 1. The van der Waals surface area contributed by atoms with Crippen LogP contribution in [-0.2, 0) is 7.05 Å².